The lowest BCUT2D eigenvalue weighted by Crippen LogP contribution is -2.46. The van der Waals surface area contributed by atoms with Gasteiger partial charge in [0.15, 0.2) is 0 Å². The lowest BCUT2D eigenvalue weighted by molar-refractivity contribution is -0.141. The largest absolute Gasteiger partial charge is 0.388 e. The molecule has 0 unspecified atom stereocenters. The SMILES string of the molecule is Cc1ccc([C@@H](O)[C@@H](C)[C@@H](C)C(=O)N(C(C)C)C(C)C)cc1. The number of carbonyl (C=O) groups excluding carboxylic acids is 1. The highest BCUT2D eigenvalue weighted by molar-refractivity contribution is 5.79. The normalized spacial score (nSPS) is 15.7. The Kier molecular flexibility index (Phi) is 6.61. The Labute approximate surface area is 135 Å². The molecule has 1 N–H and O–H groups in total. The summed E-state index contributed by atoms with van der Waals surface area (Å²) in [6, 6.07) is 8.20. The van der Waals surface area contributed by atoms with E-state index in [0.717, 1.165) is 5.56 Å². The molecule has 0 saturated carbocycles. The average Bonchev–Trinajstić information content (AvgIpc) is 2.44. The van der Waals surface area contributed by atoms with E-state index in [1.807, 2.05) is 77.6 Å². The summed E-state index contributed by atoms with van der Waals surface area (Å²) in [4.78, 5) is 14.7. The van der Waals surface area contributed by atoms with Crippen molar-refractivity contribution in [2.75, 3.05) is 0 Å². The molecule has 0 aromatic heterocycles. The van der Waals surface area contributed by atoms with Gasteiger partial charge in [0, 0.05) is 18.0 Å². The number of aliphatic hydroxyl groups is 1. The van der Waals surface area contributed by atoms with Gasteiger partial charge in [-0.2, -0.15) is 0 Å². The van der Waals surface area contributed by atoms with E-state index in [4.69, 9.17) is 0 Å². The number of nitrogens with zero attached hydrogens (tertiary/aromatic N) is 1. The summed E-state index contributed by atoms with van der Waals surface area (Å²) in [6.07, 6.45) is -0.624. The van der Waals surface area contributed by atoms with Crippen molar-refractivity contribution in [3.05, 3.63) is 35.4 Å². The Morgan fingerprint density at radius 1 is 0.955 bits per heavy atom. The minimum absolute atomic E-state index is 0.115. The Hall–Kier alpha value is -1.35. The smallest absolute Gasteiger partial charge is 0.226 e. The number of aryl methyl sites for hydroxylation is 1. The first-order valence-corrected chi connectivity index (χ1v) is 8.23. The predicted molar refractivity (Wildman–Crippen MR) is 91.6 cm³/mol. The van der Waals surface area contributed by atoms with Gasteiger partial charge >= 0.3 is 0 Å². The monoisotopic (exact) mass is 305 g/mol. The summed E-state index contributed by atoms with van der Waals surface area (Å²) >= 11 is 0. The average molecular weight is 305 g/mol. The summed E-state index contributed by atoms with van der Waals surface area (Å²) < 4.78 is 0. The summed E-state index contributed by atoms with van der Waals surface area (Å²) in [6.45, 7) is 14.0. The summed E-state index contributed by atoms with van der Waals surface area (Å²) in [5, 5.41) is 10.6. The highest BCUT2D eigenvalue weighted by Gasteiger charge is 2.32. The van der Waals surface area contributed by atoms with E-state index in [9.17, 15) is 9.90 Å². The molecule has 0 fully saturated rings. The molecular formula is C19H31NO2. The van der Waals surface area contributed by atoms with E-state index in [1.165, 1.54) is 5.56 Å². The van der Waals surface area contributed by atoms with Crippen molar-refractivity contribution >= 4 is 5.91 Å². The summed E-state index contributed by atoms with van der Waals surface area (Å²) in [5.74, 6) is -0.236. The number of hydrogen-bond donors (Lipinski definition) is 1. The second kappa shape index (κ2) is 7.77. The topological polar surface area (TPSA) is 40.5 Å². The molecule has 1 aromatic carbocycles. The number of benzene rings is 1. The Morgan fingerprint density at radius 2 is 1.41 bits per heavy atom. The third kappa shape index (κ3) is 4.33. The van der Waals surface area contributed by atoms with E-state index >= 15 is 0 Å². The number of amides is 1. The van der Waals surface area contributed by atoms with Crippen LogP contribution in [-0.4, -0.2) is 28.0 Å². The molecule has 124 valence electrons. The molecule has 1 rings (SSSR count). The number of carbonyl (C=O) groups is 1. The molecule has 22 heavy (non-hydrogen) atoms. The zero-order valence-electron chi connectivity index (χ0n) is 15.0. The van der Waals surface area contributed by atoms with Gasteiger partial charge in [-0.1, -0.05) is 43.7 Å². The molecular weight excluding hydrogens is 274 g/mol. The quantitative estimate of drug-likeness (QED) is 0.864. The number of aliphatic hydroxyl groups excluding tert-OH is 1. The molecule has 0 radical (unpaired) electrons. The highest BCUT2D eigenvalue weighted by atomic mass is 16.3. The first kappa shape index (κ1) is 18.7. The Balaban J connectivity index is 2.88. The van der Waals surface area contributed by atoms with E-state index < -0.39 is 6.10 Å². The zero-order chi connectivity index (χ0) is 17.0. The van der Waals surface area contributed by atoms with Crippen LogP contribution in [0, 0.1) is 18.8 Å². The lowest BCUT2D eigenvalue weighted by atomic mass is 9.85. The van der Waals surface area contributed by atoms with Crippen LogP contribution in [0.15, 0.2) is 24.3 Å². The van der Waals surface area contributed by atoms with Crippen molar-refractivity contribution in [2.45, 2.75) is 66.7 Å². The van der Waals surface area contributed by atoms with Gasteiger partial charge < -0.3 is 10.0 Å². The van der Waals surface area contributed by atoms with Crippen LogP contribution in [0.2, 0.25) is 0 Å². The van der Waals surface area contributed by atoms with Crippen molar-refractivity contribution in [3.8, 4) is 0 Å². The predicted octanol–water partition coefficient (Wildman–Crippen LogP) is 3.95. The number of hydrogen-bond acceptors (Lipinski definition) is 2. The van der Waals surface area contributed by atoms with Crippen molar-refractivity contribution in [1.82, 2.24) is 4.90 Å². The molecule has 3 nitrogen and oxygen atoms in total. The summed E-state index contributed by atoms with van der Waals surface area (Å²) in [5.41, 5.74) is 2.04. The van der Waals surface area contributed by atoms with Gasteiger partial charge in [0.1, 0.15) is 0 Å². The maximum absolute atomic E-state index is 12.8. The van der Waals surface area contributed by atoms with E-state index in [2.05, 4.69) is 0 Å². The van der Waals surface area contributed by atoms with Crippen LogP contribution < -0.4 is 0 Å². The fraction of sp³-hybridized carbons (Fsp3) is 0.632. The van der Waals surface area contributed by atoms with Crippen LogP contribution in [0.1, 0.15) is 58.8 Å². The minimum atomic E-state index is -0.624. The second-order valence-corrected chi connectivity index (χ2v) is 6.94. The number of rotatable bonds is 6. The molecule has 0 aliphatic carbocycles. The molecule has 0 aliphatic heterocycles. The maximum Gasteiger partial charge on any atom is 0.226 e. The molecule has 1 amide bonds. The fourth-order valence-electron chi connectivity index (χ4n) is 2.91. The van der Waals surface area contributed by atoms with Gasteiger partial charge in [0.25, 0.3) is 0 Å². The van der Waals surface area contributed by atoms with Gasteiger partial charge in [0.2, 0.25) is 5.91 Å². The van der Waals surface area contributed by atoms with Gasteiger partial charge in [-0.15, -0.1) is 0 Å². The maximum atomic E-state index is 12.8. The van der Waals surface area contributed by atoms with E-state index in [1.54, 1.807) is 0 Å². The van der Waals surface area contributed by atoms with Crippen LogP contribution >= 0.6 is 0 Å². The highest BCUT2D eigenvalue weighted by Crippen LogP contribution is 2.30. The third-order valence-corrected chi connectivity index (χ3v) is 4.46. The van der Waals surface area contributed by atoms with Gasteiger partial charge in [-0.3, -0.25) is 4.79 Å². The van der Waals surface area contributed by atoms with Crippen molar-refractivity contribution < 1.29 is 9.90 Å². The Morgan fingerprint density at radius 3 is 1.82 bits per heavy atom. The standard InChI is InChI=1S/C19H31NO2/c1-12(2)20(13(3)4)19(22)16(7)15(6)18(21)17-10-8-14(5)9-11-17/h8-13,15-16,18,21H,1-7H3/t15-,16+,18-/m0/s1. The Bertz CT molecular complexity index is 471. The van der Waals surface area contributed by atoms with Crippen molar-refractivity contribution in [3.63, 3.8) is 0 Å². The van der Waals surface area contributed by atoms with Crippen LogP contribution in [0.3, 0.4) is 0 Å². The van der Waals surface area contributed by atoms with E-state index in [0.29, 0.717) is 0 Å². The van der Waals surface area contributed by atoms with Gasteiger partial charge in [-0.25, -0.2) is 0 Å². The first-order valence-electron chi connectivity index (χ1n) is 8.23. The minimum Gasteiger partial charge on any atom is -0.388 e. The molecule has 0 bridgehead atoms. The molecule has 0 heterocycles. The van der Waals surface area contributed by atoms with E-state index in [-0.39, 0.29) is 29.8 Å². The molecule has 0 aliphatic rings. The molecule has 0 spiro atoms. The van der Waals surface area contributed by atoms with Crippen LogP contribution in [0.5, 0.6) is 0 Å². The fourth-order valence-corrected chi connectivity index (χ4v) is 2.91. The molecule has 3 heteroatoms. The summed E-state index contributed by atoms with van der Waals surface area (Å²) in [7, 11) is 0. The second-order valence-electron chi connectivity index (χ2n) is 6.94. The lowest BCUT2D eigenvalue weighted by Gasteiger charge is -2.35. The first-order chi connectivity index (χ1) is 10.2. The van der Waals surface area contributed by atoms with Crippen molar-refractivity contribution in [1.29, 1.82) is 0 Å². The zero-order valence-corrected chi connectivity index (χ0v) is 15.0. The molecule has 0 saturated heterocycles. The van der Waals surface area contributed by atoms with Crippen LogP contribution in [0.25, 0.3) is 0 Å². The van der Waals surface area contributed by atoms with Gasteiger partial charge in [0.05, 0.1) is 6.10 Å². The van der Waals surface area contributed by atoms with Crippen molar-refractivity contribution in [2.24, 2.45) is 11.8 Å². The molecule has 1 aromatic rings. The molecule has 3 atom stereocenters. The van der Waals surface area contributed by atoms with Crippen LogP contribution in [-0.2, 0) is 4.79 Å². The third-order valence-electron chi connectivity index (χ3n) is 4.46. The van der Waals surface area contributed by atoms with Gasteiger partial charge in [-0.05, 0) is 46.1 Å². The van der Waals surface area contributed by atoms with Crippen LogP contribution in [0.4, 0.5) is 0 Å².